The van der Waals surface area contributed by atoms with Crippen molar-refractivity contribution in [2.24, 2.45) is 0 Å². The minimum absolute atomic E-state index is 0.0315. The normalized spacial score (nSPS) is 11.2. The summed E-state index contributed by atoms with van der Waals surface area (Å²) in [5.74, 6) is -1.32. The van der Waals surface area contributed by atoms with E-state index in [0.29, 0.717) is 5.02 Å². The van der Waals surface area contributed by atoms with Gasteiger partial charge in [-0.3, -0.25) is 4.72 Å². The number of halogens is 2. The molecule has 9 heteroatoms. The Labute approximate surface area is 136 Å². The molecule has 0 radical (unpaired) electrons. The molecule has 0 aliphatic rings. The average molecular weight is 361 g/mol. The molecule has 2 aromatic carbocycles. The Hall–Kier alpha value is -1.96. The molecule has 4 N–H and O–H groups in total. The molecule has 0 spiro atoms. The molecule has 0 aromatic heterocycles. The fourth-order valence-corrected chi connectivity index (χ4v) is 3.28. The van der Waals surface area contributed by atoms with Crippen LogP contribution in [0.2, 0.25) is 10.0 Å². The van der Waals surface area contributed by atoms with Gasteiger partial charge in [-0.05, 0) is 36.4 Å². The second kappa shape index (κ2) is 6.04. The summed E-state index contributed by atoms with van der Waals surface area (Å²) < 4.78 is 26.8. The second-order valence-electron chi connectivity index (χ2n) is 4.28. The molecular weight excluding hydrogens is 351 g/mol. The van der Waals surface area contributed by atoms with Crippen LogP contribution in [0.25, 0.3) is 0 Å². The first-order chi connectivity index (χ1) is 10.2. The molecule has 2 aromatic rings. The molecule has 0 unspecified atom stereocenters. The highest BCUT2D eigenvalue weighted by Crippen LogP contribution is 2.28. The maximum Gasteiger partial charge on any atom is 0.337 e. The number of nitrogens with two attached hydrogens (primary N) is 1. The van der Waals surface area contributed by atoms with Gasteiger partial charge < -0.3 is 10.8 Å². The first kappa shape index (κ1) is 16.4. The molecule has 0 fully saturated rings. The molecule has 0 aliphatic carbocycles. The van der Waals surface area contributed by atoms with Gasteiger partial charge in [-0.2, -0.15) is 0 Å². The lowest BCUT2D eigenvalue weighted by atomic mass is 10.2. The van der Waals surface area contributed by atoms with E-state index in [0.717, 1.165) is 6.07 Å². The van der Waals surface area contributed by atoms with Crippen LogP contribution in [0.15, 0.2) is 41.3 Å². The van der Waals surface area contributed by atoms with Gasteiger partial charge in [-0.1, -0.05) is 23.2 Å². The van der Waals surface area contributed by atoms with Gasteiger partial charge in [-0.15, -0.1) is 0 Å². The molecule has 22 heavy (non-hydrogen) atoms. The fourth-order valence-electron chi connectivity index (χ4n) is 1.66. The van der Waals surface area contributed by atoms with Gasteiger partial charge in [0.25, 0.3) is 10.0 Å². The number of carboxylic acids is 1. The van der Waals surface area contributed by atoms with Crippen LogP contribution in [0.1, 0.15) is 10.4 Å². The molecule has 116 valence electrons. The van der Waals surface area contributed by atoms with Gasteiger partial charge in [-0.25, -0.2) is 13.2 Å². The van der Waals surface area contributed by atoms with E-state index < -0.39 is 16.0 Å². The Kier molecular flexibility index (Phi) is 4.50. The van der Waals surface area contributed by atoms with Gasteiger partial charge in [0.1, 0.15) is 0 Å². The monoisotopic (exact) mass is 360 g/mol. The topological polar surface area (TPSA) is 109 Å². The van der Waals surface area contributed by atoms with E-state index in [1.807, 2.05) is 0 Å². The zero-order valence-electron chi connectivity index (χ0n) is 10.9. The number of nitrogen functional groups attached to an aromatic ring is 1. The molecule has 0 aliphatic heterocycles. The van der Waals surface area contributed by atoms with E-state index in [4.69, 9.17) is 34.0 Å². The van der Waals surface area contributed by atoms with Crippen molar-refractivity contribution in [3.8, 4) is 0 Å². The highest BCUT2D eigenvalue weighted by Gasteiger charge is 2.19. The van der Waals surface area contributed by atoms with Gasteiger partial charge >= 0.3 is 5.97 Å². The third-order valence-electron chi connectivity index (χ3n) is 2.74. The highest BCUT2D eigenvalue weighted by atomic mass is 35.5. The van der Waals surface area contributed by atoms with E-state index >= 15 is 0 Å². The Bertz CT molecular complexity index is 853. The minimum Gasteiger partial charge on any atom is -0.478 e. The van der Waals surface area contributed by atoms with E-state index in [1.165, 1.54) is 30.3 Å². The molecule has 6 nitrogen and oxygen atoms in total. The highest BCUT2D eigenvalue weighted by molar-refractivity contribution is 7.92. The van der Waals surface area contributed by atoms with Crippen molar-refractivity contribution >= 4 is 50.6 Å². The second-order valence-corrected chi connectivity index (χ2v) is 6.81. The van der Waals surface area contributed by atoms with Crippen molar-refractivity contribution in [2.75, 3.05) is 10.5 Å². The number of hydrogen-bond acceptors (Lipinski definition) is 4. The molecular formula is C13H10Cl2N2O4S. The maximum absolute atomic E-state index is 12.3. The fraction of sp³-hybridized carbons (Fsp3) is 0. The molecule has 0 atom stereocenters. The zero-order valence-corrected chi connectivity index (χ0v) is 13.2. The van der Waals surface area contributed by atoms with E-state index in [-0.39, 0.29) is 26.9 Å². The zero-order chi connectivity index (χ0) is 16.5. The van der Waals surface area contributed by atoms with Crippen molar-refractivity contribution in [3.05, 3.63) is 52.0 Å². The standard InChI is InChI=1S/C13H10Cl2N2O4S/c14-7-1-4-12(10(15)5-7)17-22(20,21)8-2-3-11(16)9(6-8)13(18)19/h1-6,17H,16H2,(H,18,19). The predicted molar refractivity (Wildman–Crippen MR) is 85.1 cm³/mol. The van der Waals surface area contributed by atoms with E-state index in [1.54, 1.807) is 0 Å². The van der Waals surface area contributed by atoms with Crippen LogP contribution in [0.5, 0.6) is 0 Å². The quantitative estimate of drug-likeness (QED) is 0.725. The largest absolute Gasteiger partial charge is 0.478 e. The number of anilines is 2. The van der Waals surface area contributed by atoms with E-state index in [2.05, 4.69) is 4.72 Å². The molecule has 0 saturated heterocycles. The van der Waals surface area contributed by atoms with Crippen LogP contribution in [-0.4, -0.2) is 19.5 Å². The summed E-state index contributed by atoms with van der Waals surface area (Å²) in [6.45, 7) is 0. The number of nitrogens with one attached hydrogen (secondary N) is 1. The van der Waals surface area contributed by atoms with Crippen LogP contribution in [0.3, 0.4) is 0 Å². The summed E-state index contributed by atoms with van der Waals surface area (Å²) in [7, 11) is -4.02. The SMILES string of the molecule is Nc1ccc(S(=O)(=O)Nc2ccc(Cl)cc2Cl)cc1C(=O)O. The van der Waals surface area contributed by atoms with Crippen molar-refractivity contribution in [3.63, 3.8) is 0 Å². The van der Waals surface area contributed by atoms with Crippen LogP contribution in [0.4, 0.5) is 11.4 Å². The number of sulfonamides is 1. The summed E-state index contributed by atoms with van der Waals surface area (Å²) >= 11 is 11.6. The lowest BCUT2D eigenvalue weighted by molar-refractivity contribution is 0.0698. The minimum atomic E-state index is -4.02. The maximum atomic E-state index is 12.3. The van der Waals surface area contributed by atoms with Gasteiger partial charge in [0.05, 0.1) is 21.2 Å². The summed E-state index contributed by atoms with van der Waals surface area (Å²) in [5.41, 5.74) is 5.29. The lowest BCUT2D eigenvalue weighted by Crippen LogP contribution is -2.14. The Morgan fingerprint density at radius 2 is 1.82 bits per heavy atom. The molecule has 2 rings (SSSR count). The van der Waals surface area contributed by atoms with Gasteiger partial charge in [0, 0.05) is 10.7 Å². The summed E-state index contributed by atoms with van der Waals surface area (Å²) in [6, 6.07) is 7.64. The number of carboxylic acid groups (broad SMARTS) is 1. The van der Waals surface area contributed by atoms with Crippen LogP contribution in [0, 0.1) is 0 Å². The molecule has 0 heterocycles. The van der Waals surface area contributed by atoms with Gasteiger partial charge in [0.2, 0.25) is 0 Å². The van der Waals surface area contributed by atoms with Crippen molar-refractivity contribution in [2.45, 2.75) is 4.90 Å². The van der Waals surface area contributed by atoms with Crippen molar-refractivity contribution in [1.82, 2.24) is 0 Å². The number of aromatic carboxylic acids is 1. The van der Waals surface area contributed by atoms with Crippen LogP contribution < -0.4 is 10.5 Å². The molecule has 0 saturated carbocycles. The molecule has 0 amide bonds. The lowest BCUT2D eigenvalue weighted by Gasteiger charge is -2.11. The summed E-state index contributed by atoms with van der Waals surface area (Å²) in [4.78, 5) is 10.8. The third kappa shape index (κ3) is 3.44. The number of carbonyl (C=O) groups is 1. The molecule has 0 bridgehead atoms. The third-order valence-corrected chi connectivity index (χ3v) is 4.65. The average Bonchev–Trinajstić information content (AvgIpc) is 2.42. The first-order valence-corrected chi connectivity index (χ1v) is 8.05. The predicted octanol–water partition coefficient (Wildman–Crippen LogP) is 3.07. The van der Waals surface area contributed by atoms with Crippen molar-refractivity contribution in [1.29, 1.82) is 0 Å². The first-order valence-electron chi connectivity index (χ1n) is 5.81. The Morgan fingerprint density at radius 3 is 2.41 bits per heavy atom. The van der Waals surface area contributed by atoms with E-state index in [9.17, 15) is 13.2 Å². The van der Waals surface area contributed by atoms with Gasteiger partial charge in [0.15, 0.2) is 0 Å². The number of benzene rings is 2. The van der Waals surface area contributed by atoms with Crippen LogP contribution >= 0.6 is 23.2 Å². The summed E-state index contributed by atoms with van der Waals surface area (Å²) in [6.07, 6.45) is 0. The number of hydrogen-bond donors (Lipinski definition) is 3. The summed E-state index contributed by atoms with van der Waals surface area (Å²) in [5, 5.41) is 9.46. The van der Waals surface area contributed by atoms with Crippen LogP contribution in [-0.2, 0) is 10.0 Å². The smallest absolute Gasteiger partial charge is 0.337 e. The Balaban J connectivity index is 2.42. The van der Waals surface area contributed by atoms with Crippen molar-refractivity contribution < 1.29 is 18.3 Å². The Morgan fingerprint density at radius 1 is 1.14 bits per heavy atom. The number of rotatable bonds is 4.